The van der Waals surface area contributed by atoms with Gasteiger partial charge in [0.2, 0.25) is 11.8 Å². The maximum atomic E-state index is 13.3. The number of likely N-dealkylation sites (tertiary alicyclic amines) is 2. The number of piperidine rings is 2. The molecule has 64 heavy (non-hydrogen) atoms. The summed E-state index contributed by atoms with van der Waals surface area (Å²) in [6, 6.07) is 23.0. The van der Waals surface area contributed by atoms with E-state index in [9.17, 15) is 28.8 Å². The number of nitrogens with two attached hydrogens (primary N) is 1. The number of hydrogen-bond donors (Lipinski definition) is 4. The molecule has 5 N–H and O–H groups in total. The summed E-state index contributed by atoms with van der Waals surface area (Å²) in [5, 5.41) is 23.7. The third-order valence-corrected chi connectivity index (χ3v) is 12.4. The number of benzene rings is 3. The van der Waals surface area contributed by atoms with E-state index in [1.807, 2.05) is 60.7 Å². The van der Waals surface area contributed by atoms with Crippen LogP contribution < -0.4 is 20.7 Å². The van der Waals surface area contributed by atoms with E-state index in [1.165, 1.54) is 6.33 Å². The van der Waals surface area contributed by atoms with Crippen molar-refractivity contribution in [3.8, 4) is 22.8 Å². The van der Waals surface area contributed by atoms with Crippen molar-refractivity contribution >= 4 is 58.1 Å². The number of amides is 4. The highest BCUT2D eigenvalue weighted by atomic mass is 16.5. The van der Waals surface area contributed by atoms with Crippen molar-refractivity contribution in [3.05, 3.63) is 102 Å². The zero-order chi connectivity index (χ0) is 44.6. The molecule has 5 aliphatic rings. The Hall–Kier alpha value is -7.51. The Morgan fingerprint density at radius 1 is 0.750 bits per heavy atom. The van der Waals surface area contributed by atoms with Crippen LogP contribution >= 0.6 is 0 Å². The number of aromatic nitrogens is 4. The number of carbonyl (C=O) groups excluding carboxylic acids is 4. The molecule has 7 heterocycles. The molecular weight excluding hydrogens is 825 g/mol. The summed E-state index contributed by atoms with van der Waals surface area (Å²) in [6.45, 7) is 5.67. The van der Waals surface area contributed by atoms with E-state index >= 15 is 0 Å². The SMILES string of the molecule is Nc1ncnc2c1c(-c1ccc(Oc3ccccc3)cc1)nn2C1CCN(C2CN(C3CN(c4ccc5c(c4)C(=O)N(C4CCC(=O)NC4=O)C5=O)C3)C2)CC1.O=C(O)/C=C/C(=O)O. The van der Waals surface area contributed by atoms with Crippen molar-refractivity contribution in [1.29, 1.82) is 0 Å². The Morgan fingerprint density at radius 3 is 2.08 bits per heavy atom. The molecule has 10 rings (SSSR count). The van der Waals surface area contributed by atoms with Crippen molar-refractivity contribution in [2.24, 2.45) is 0 Å². The van der Waals surface area contributed by atoms with Crippen molar-refractivity contribution in [1.82, 2.24) is 39.8 Å². The second-order valence-electron chi connectivity index (χ2n) is 16.3. The van der Waals surface area contributed by atoms with Gasteiger partial charge in [0, 0.05) is 81.2 Å². The van der Waals surface area contributed by atoms with Crippen LogP contribution in [-0.4, -0.2) is 138 Å². The predicted octanol–water partition coefficient (Wildman–Crippen LogP) is 3.19. The highest BCUT2D eigenvalue weighted by Gasteiger charge is 2.46. The number of aliphatic carboxylic acids is 2. The van der Waals surface area contributed by atoms with E-state index in [-0.39, 0.29) is 24.8 Å². The lowest BCUT2D eigenvalue weighted by atomic mass is 9.95. The van der Waals surface area contributed by atoms with Crippen LogP contribution in [0.15, 0.2) is 91.3 Å². The minimum Gasteiger partial charge on any atom is -0.478 e. The van der Waals surface area contributed by atoms with Crippen LogP contribution in [0.1, 0.15) is 52.4 Å². The van der Waals surface area contributed by atoms with Crippen LogP contribution in [0, 0.1) is 0 Å². The number of nitrogens with zero attached hydrogens (tertiary/aromatic N) is 8. The van der Waals surface area contributed by atoms with E-state index in [2.05, 4.69) is 34.7 Å². The van der Waals surface area contributed by atoms with E-state index in [0.29, 0.717) is 41.2 Å². The quantitative estimate of drug-likeness (QED) is 0.116. The zero-order valence-corrected chi connectivity index (χ0v) is 34.4. The summed E-state index contributed by atoms with van der Waals surface area (Å²) < 4.78 is 8.05. The van der Waals surface area contributed by atoms with Crippen LogP contribution in [0.3, 0.4) is 0 Å². The molecule has 19 heteroatoms. The molecule has 1 unspecified atom stereocenters. The summed E-state index contributed by atoms with van der Waals surface area (Å²) in [5.41, 5.74) is 10.4. The molecule has 4 amide bonds. The lowest BCUT2D eigenvalue weighted by Crippen LogP contribution is -2.70. The Morgan fingerprint density at radius 2 is 1.41 bits per heavy atom. The molecule has 1 atom stereocenters. The average molecular weight is 869 g/mol. The van der Waals surface area contributed by atoms with Crippen molar-refractivity contribution in [2.45, 2.75) is 49.9 Å². The van der Waals surface area contributed by atoms with Crippen LogP contribution in [0.2, 0.25) is 0 Å². The van der Waals surface area contributed by atoms with E-state index < -0.39 is 35.7 Å². The van der Waals surface area contributed by atoms with E-state index in [0.717, 1.165) is 96.5 Å². The van der Waals surface area contributed by atoms with Crippen molar-refractivity contribution in [3.63, 3.8) is 0 Å². The van der Waals surface area contributed by atoms with Gasteiger partial charge in [0.25, 0.3) is 11.8 Å². The maximum absolute atomic E-state index is 13.3. The molecule has 4 fully saturated rings. The minimum atomic E-state index is -1.26. The zero-order valence-electron chi connectivity index (χ0n) is 34.4. The largest absolute Gasteiger partial charge is 0.478 e. The van der Waals surface area contributed by atoms with E-state index in [1.54, 1.807) is 12.1 Å². The predicted molar refractivity (Wildman–Crippen MR) is 230 cm³/mol. The first-order valence-electron chi connectivity index (χ1n) is 21.0. The molecule has 5 aliphatic heterocycles. The number of anilines is 2. The van der Waals surface area contributed by atoms with Gasteiger partial charge < -0.3 is 25.6 Å². The molecule has 0 bridgehead atoms. The van der Waals surface area contributed by atoms with Crippen LogP contribution in [0.25, 0.3) is 22.3 Å². The highest BCUT2D eigenvalue weighted by molar-refractivity contribution is 6.23. The number of carbonyl (C=O) groups is 6. The smallest absolute Gasteiger partial charge is 0.328 e. The molecule has 328 valence electrons. The van der Waals surface area contributed by atoms with Crippen LogP contribution in [0.4, 0.5) is 11.5 Å². The first-order chi connectivity index (χ1) is 30.9. The third-order valence-electron chi connectivity index (χ3n) is 12.4. The lowest BCUT2D eigenvalue weighted by molar-refractivity contribution is -0.136. The van der Waals surface area contributed by atoms with Gasteiger partial charge in [-0.1, -0.05) is 18.2 Å². The van der Waals surface area contributed by atoms with Gasteiger partial charge >= 0.3 is 11.9 Å². The van der Waals surface area contributed by atoms with Gasteiger partial charge in [0.05, 0.1) is 22.6 Å². The average Bonchev–Trinajstić information content (AvgIpc) is 3.76. The summed E-state index contributed by atoms with van der Waals surface area (Å²) in [7, 11) is 0. The van der Waals surface area contributed by atoms with Crippen LogP contribution in [0.5, 0.6) is 11.5 Å². The molecule has 0 radical (unpaired) electrons. The number of ether oxygens (including phenoxy) is 1. The molecular formula is C45H44N10O9. The minimum absolute atomic E-state index is 0.0958. The van der Waals surface area contributed by atoms with Crippen molar-refractivity contribution in [2.75, 3.05) is 49.9 Å². The topological polar surface area (TPSA) is 247 Å². The monoisotopic (exact) mass is 868 g/mol. The number of hydrogen-bond acceptors (Lipinski definition) is 14. The Labute approximate surface area is 365 Å². The number of rotatable bonds is 10. The number of fused-ring (bicyclic) bond motifs is 2. The number of nitrogen functional groups attached to an aromatic ring is 1. The van der Waals surface area contributed by atoms with Crippen LogP contribution in [-0.2, 0) is 19.2 Å². The molecule has 19 nitrogen and oxygen atoms in total. The fraction of sp³-hybridized carbons (Fsp3) is 0.311. The second kappa shape index (κ2) is 17.3. The molecule has 0 aliphatic carbocycles. The Kier molecular flexibility index (Phi) is 11.3. The lowest BCUT2D eigenvalue weighted by Gasteiger charge is -2.55. The van der Waals surface area contributed by atoms with Gasteiger partial charge in [0.1, 0.15) is 35.4 Å². The number of carboxylic acid groups (broad SMARTS) is 2. The normalized spacial score (nSPS) is 19.8. The van der Waals surface area contributed by atoms with Gasteiger partial charge in [-0.2, -0.15) is 5.10 Å². The third kappa shape index (κ3) is 8.25. The summed E-state index contributed by atoms with van der Waals surface area (Å²) in [5.74, 6) is -2.54. The van der Waals surface area contributed by atoms with E-state index in [4.69, 9.17) is 25.8 Å². The van der Waals surface area contributed by atoms with Gasteiger partial charge in [-0.25, -0.2) is 24.2 Å². The molecule has 3 aromatic carbocycles. The maximum Gasteiger partial charge on any atom is 0.328 e. The number of nitrogens with one attached hydrogen (secondary N) is 1. The number of imide groups is 2. The molecule has 0 spiro atoms. The summed E-state index contributed by atoms with van der Waals surface area (Å²) in [4.78, 5) is 86.9. The Bertz CT molecular complexity index is 2670. The standard InChI is InChI=1S/C41H40N10O5.C4H4O4/c42-37-35-36(24-6-9-30(10-7-24)56-29-4-2-1-3-5-29)46-51(38(35)44-23-43-37)25-14-16-47(17-15-25)27-19-49(20-27)28-21-48(22-28)26-8-11-31-32(18-26)41(55)50(40(31)54)33-12-13-34(52)45-39(33)53;5-3(6)1-2-4(7)8/h1-11,18,23,25,27-28,33H,12-17,19-22H2,(H2,42,43,44)(H,45,52,53);1-2H,(H,5,6)(H,7,8)/b;2-1+. The summed E-state index contributed by atoms with van der Waals surface area (Å²) in [6.07, 6.45) is 4.78. The molecule has 2 aromatic heterocycles. The second-order valence-corrected chi connectivity index (χ2v) is 16.3. The number of carboxylic acids is 2. The summed E-state index contributed by atoms with van der Waals surface area (Å²) >= 11 is 0. The fourth-order valence-corrected chi connectivity index (χ4v) is 8.97. The van der Waals surface area contributed by atoms with Gasteiger partial charge in [-0.05, 0) is 73.9 Å². The van der Waals surface area contributed by atoms with Gasteiger partial charge in [-0.15, -0.1) is 0 Å². The molecule has 5 aromatic rings. The molecule has 0 saturated carbocycles. The first kappa shape index (κ1) is 41.8. The van der Waals surface area contributed by atoms with Crippen molar-refractivity contribution < 1.29 is 43.7 Å². The van der Waals surface area contributed by atoms with Gasteiger partial charge in [0.15, 0.2) is 5.65 Å². The Balaban J connectivity index is 0.000000594. The van der Waals surface area contributed by atoms with Gasteiger partial charge in [-0.3, -0.25) is 39.2 Å². The fourth-order valence-electron chi connectivity index (χ4n) is 8.97. The first-order valence-corrected chi connectivity index (χ1v) is 21.0. The molecule has 4 saturated heterocycles. The highest BCUT2D eigenvalue weighted by Crippen LogP contribution is 2.37. The number of para-hydroxylation sites is 1.